The van der Waals surface area contributed by atoms with E-state index in [0.29, 0.717) is 0 Å². The molecule has 15 heavy (non-hydrogen) atoms. The SMILES string of the molecule is Nc1cccc2c([O-])nnc([O-])c12.[Na+].[Na+]. The van der Waals surface area contributed by atoms with Crippen LogP contribution in [0, 0.1) is 0 Å². The van der Waals surface area contributed by atoms with Gasteiger partial charge in [0.2, 0.25) is 0 Å². The zero-order valence-electron chi connectivity index (χ0n) is 8.52. The molecule has 0 saturated carbocycles. The van der Waals surface area contributed by atoms with Crippen molar-refractivity contribution in [3.05, 3.63) is 18.2 Å². The van der Waals surface area contributed by atoms with Gasteiger partial charge in [-0.1, -0.05) is 12.1 Å². The first-order valence-corrected chi connectivity index (χ1v) is 3.59. The Morgan fingerprint density at radius 1 is 1.00 bits per heavy atom. The summed E-state index contributed by atoms with van der Waals surface area (Å²) < 4.78 is 0. The number of hydrogen-bond acceptors (Lipinski definition) is 5. The van der Waals surface area contributed by atoms with E-state index in [0.717, 1.165) is 0 Å². The summed E-state index contributed by atoms with van der Waals surface area (Å²) in [5.74, 6) is -1.09. The number of hydrogen-bond donors (Lipinski definition) is 1. The second-order valence-corrected chi connectivity index (χ2v) is 2.58. The average Bonchev–Trinajstić information content (AvgIpc) is 2.12. The first-order valence-electron chi connectivity index (χ1n) is 3.59. The molecule has 2 rings (SSSR count). The van der Waals surface area contributed by atoms with Gasteiger partial charge in [-0.2, -0.15) is 10.2 Å². The summed E-state index contributed by atoms with van der Waals surface area (Å²) in [4.78, 5) is 0. The van der Waals surface area contributed by atoms with Crippen LogP contribution in [0.15, 0.2) is 18.2 Å². The summed E-state index contributed by atoms with van der Waals surface area (Å²) in [6.45, 7) is 0. The maximum Gasteiger partial charge on any atom is 1.00 e. The second kappa shape index (κ2) is 5.89. The van der Waals surface area contributed by atoms with Gasteiger partial charge in [-0.25, -0.2) is 0 Å². The third kappa shape index (κ3) is 2.75. The van der Waals surface area contributed by atoms with Gasteiger partial charge in [0, 0.05) is 22.8 Å². The minimum Gasteiger partial charge on any atom is -0.857 e. The molecular weight excluding hydrogens is 216 g/mol. The Hall–Kier alpha value is -0.0400. The quantitative estimate of drug-likeness (QED) is 0.352. The number of nitrogens with zero attached hydrogens (tertiary/aromatic N) is 2. The number of anilines is 1. The Morgan fingerprint density at radius 3 is 2.20 bits per heavy atom. The minimum atomic E-state index is -0.562. The summed E-state index contributed by atoms with van der Waals surface area (Å²) in [6.07, 6.45) is 0. The Bertz CT molecular complexity index is 470. The molecule has 0 atom stereocenters. The monoisotopic (exact) mass is 221 g/mol. The van der Waals surface area contributed by atoms with Crippen LogP contribution in [0.1, 0.15) is 0 Å². The van der Waals surface area contributed by atoms with E-state index in [1.807, 2.05) is 0 Å². The predicted octanol–water partition coefficient (Wildman–Crippen LogP) is -6.63. The molecule has 5 nitrogen and oxygen atoms in total. The van der Waals surface area contributed by atoms with Crippen molar-refractivity contribution in [3.63, 3.8) is 0 Å². The van der Waals surface area contributed by atoms with E-state index in [2.05, 4.69) is 10.2 Å². The maximum atomic E-state index is 11.2. The molecule has 2 aromatic rings. The zero-order chi connectivity index (χ0) is 9.42. The van der Waals surface area contributed by atoms with Gasteiger partial charge >= 0.3 is 59.1 Å². The largest absolute Gasteiger partial charge is 1.00 e. The maximum absolute atomic E-state index is 11.2. The Balaban J connectivity index is 0.000000980. The van der Waals surface area contributed by atoms with Gasteiger partial charge in [0.1, 0.15) is 0 Å². The molecule has 2 N–H and O–H groups in total. The molecular formula is C8H5N3Na2O2. The molecule has 1 aromatic heterocycles. The van der Waals surface area contributed by atoms with E-state index >= 15 is 0 Å². The van der Waals surface area contributed by atoms with Crippen LogP contribution in [-0.4, -0.2) is 10.2 Å². The van der Waals surface area contributed by atoms with Crippen LogP contribution in [0.5, 0.6) is 11.8 Å². The Kier molecular flexibility index (Phi) is 5.87. The van der Waals surface area contributed by atoms with Gasteiger partial charge < -0.3 is 15.9 Å². The van der Waals surface area contributed by atoms with Crippen molar-refractivity contribution in [2.45, 2.75) is 0 Å². The van der Waals surface area contributed by atoms with E-state index in [9.17, 15) is 10.2 Å². The molecule has 66 valence electrons. The normalized spacial score (nSPS) is 9.07. The fraction of sp³-hybridized carbons (Fsp3) is 0. The molecule has 0 spiro atoms. The Morgan fingerprint density at radius 2 is 1.60 bits per heavy atom. The van der Waals surface area contributed by atoms with Crippen LogP contribution in [0.25, 0.3) is 10.8 Å². The van der Waals surface area contributed by atoms with E-state index in [1.165, 1.54) is 6.07 Å². The number of aromatic nitrogens is 2. The van der Waals surface area contributed by atoms with Crippen LogP contribution in [-0.2, 0) is 0 Å². The van der Waals surface area contributed by atoms with Crippen molar-refractivity contribution >= 4 is 16.5 Å². The van der Waals surface area contributed by atoms with Gasteiger partial charge in [-0.05, 0) is 11.5 Å². The fourth-order valence-corrected chi connectivity index (χ4v) is 1.18. The predicted molar refractivity (Wildman–Crippen MR) is 42.8 cm³/mol. The summed E-state index contributed by atoms with van der Waals surface area (Å²) in [7, 11) is 0. The molecule has 0 bridgehead atoms. The minimum absolute atomic E-state index is 0. The molecule has 0 unspecified atom stereocenters. The van der Waals surface area contributed by atoms with Crippen molar-refractivity contribution in [1.82, 2.24) is 10.2 Å². The van der Waals surface area contributed by atoms with Gasteiger partial charge in [0.05, 0.1) is 0 Å². The van der Waals surface area contributed by atoms with Gasteiger partial charge in [-0.15, -0.1) is 0 Å². The van der Waals surface area contributed by atoms with Crippen molar-refractivity contribution in [2.75, 3.05) is 5.73 Å². The molecule has 0 aliphatic carbocycles. The van der Waals surface area contributed by atoms with Crippen LogP contribution < -0.4 is 75.1 Å². The van der Waals surface area contributed by atoms with E-state index in [-0.39, 0.29) is 75.6 Å². The van der Waals surface area contributed by atoms with Gasteiger partial charge in [-0.3, -0.25) is 0 Å². The number of rotatable bonds is 0. The number of fused-ring (bicyclic) bond motifs is 1. The topological polar surface area (TPSA) is 97.9 Å². The summed E-state index contributed by atoms with van der Waals surface area (Å²) in [6, 6.07) is 4.65. The smallest absolute Gasteiger partial charge is 0.857 e. The Labute approximate surface area is 130 Å². The molecule has 1 aromatic carbocycles. The summed E-state index contributed by atoms with van der Waals surface area (Å²) in [5.41, 5.74) is 5.78. The van der Waals surface area contributed by atoms with Crippen LogP contribution in [0.4, 0.5) is 5.69 Å². The molecule has 0 aliphatic rings. The van der Waals surface area contributed by atoms with E-state index < -0.39 is 11.8 Å². The molecule has 0 aliphatic heterocycles. The molecule has 0 radical (unpaired) electrons. The van der Waals surface area contributed by atoms with Crippen molar-refractivity contribution in [1.29, 1.82) is 0 Å². The van der Waals surface area contributed by atoms with Gasteiger partial charge in [0.25, 0.3) is 0 Å². The molecule has 1 heterocycles. The second-order valence-electron chi connectivity index (χ2n) is 2.58. The van der Waals surface area contributed by atoms with Crippen LogP contribution >= 0.6 is 0 Å². The van der Waals surface area contributed by atoms with Crippen LogP contribution in [0.2, 0.25) is 0 Å². The van der Waals surface area contributed by atoms with Crippen LogP contribution in [0.3, 0.4) is 0 Å². The first-order chi connectivity index (χ1) is 6.20. The summed E-state index contributed by atoms with van der Waals surface area (Å²) in [5, 5.41) is 29.0. The fourth-order valence-electron chi connectivity index (χ4n) is 1.18. The summed E-state index contributed by atoms with van der Waals surface area (Å²) >= 11 is 0. The van der Waals surface area contributed by atoms with E-state index in [1.54, 1.807) is 12.1 Å². The van der Waals surface area contributed by atoms with Gasteiger partial charge in [0.15, 0.2) is 0 Å². The third-order valence-electron chi connectivity index (χ3n) is 1.77. The first kappa shape index (κ1) is 15.0. The average molecular weight is 221 g/mol. The molecule has 0 fully saturated rings. The molecule has 0 saturated heterocycles. The van der Waals surface area contributed by atoms with Crippen molar-refractivity contribution < 1.29 is 69.3 Å². The van der Waals surface area contributed by atoms with Crippen molar-refractivity contribution in [2.24, 2.45) is 0 Å². The standard InChI is InChI=1S/C8H7N3O2.2Na/c9-5-3-1-2-4-6(5)8(13)11-10-7(4)12;;/h1-3H,9H2,(H,10,12)(H,11,13);;/q;2*+1/p-2. The van der Waals surface area contributed by atoms with E-state index in [4.69, 9.17) is 5.73 Å². The number of nitrogens with two attached hydrogens (primary N) is 1. The molecule has 7 heteroatoms. The van der Waals surface area contributed by atoms with Crippen molar-refractivity contribution in [3.8, 4) is 11.8 Å². The third-order valence-corrected chi connectivity index (χ3v) is 1.77. The molecule has 0 amide bonds. The number of benzene rings is 1. The number of nitrogen functional groups attached to an aromatic ring is 1. The zero-order valence-corrected chi connectivity index (χ0v) is 12.5.